The summed E-state index contributed by atoms with van der Waals surface area (Å²) in [5.41, 5.74) is 10.3. The van der Waals surface area contributed by atoms with Crippen LogP contribution in [0.3, 0.4) is 0 Å². The lowest BCUT2D eigenvalue weighted by molar-refractivity contribution is -0.122. The molecule has 0 aromatic rings. The van der Waals surface area contributed by atoms with Crippen molar-refractivity contribution in [2.75, 3.05) is 32.7 Å². The van der Waals surface area contributed by atoms with E-state index in [0.717, 1.165) is 19.0 Å². The number of carbonyl (C=O) groups excluding carboxylic acids is 1. The van der Waals surface area contributed by atoms with Gasteiger partial charge in [0.2, 0.25) is 5.91 Å². The van der Waals surface area contributed by atoms with E-state index in [1.54, 1.807) is 6.92 Å². The fourth-order valence-corrected chi connectivity index (χ4v) is 3.28. The minimum atomic E-state index is -0.856. The van der Waals surface area contributed by atoms with Crippen molar-refractivity contribution in [2.24, 2.45) is 11.5 Å². The second-order valence-electron chi connectivity index (χ2n) is 6.37. The third-order valence-corrected chi connectivity index (χ3v) is 4.62. The summed E-state index contributed by atoms with van der Waals surface area (Å²) in [6.45, 7) is 7.64. The molecule has 0 bridgehead atoms. The molecule has 0 aromatic carbocycles. The zero-order valence-electron chi connectivity index (χ0n) is 12.1. The van der Waals surface area contributed by atoms with Gasteiger partial charge in [0.15, 0.2) is 0 Å². The van der Waals surface area contributed by atoms with Gasteiger partial charge in [-0.25, -0.2) is 0 Å². The molecule has 110 valence electrons. The Bertz CT molecular complexity index is 319. The Balaban J connectivity index is 1.75. The lowest BCUT2D eigenvalue weighted by Gasteiger charge is -2.27. The molecule has 0 aromatic heterocycles. The van der Waals surface area contributed by atoms with Gasteiger partial charge in [-0.05, 0) is 65.2 Å². The Kier molecular flexibility index (Phi) is 4.81. The maximum absolute atomic E-state index is 11.2. The summed E-state index contributed by atoms with van der Waals surface area (Å²) < 4.78 is 0. The van der Waals surface area contributed by atoms with E-state index < -0.39 is 11.4 Å². The first-order valence-corrected chi connectivity index (χ1v) is 7.54. The number of carbonyl (C=O) groups is 1. The van der Waals surface area contributed by atoms with Crippen molar-refractivity contribution >= 4 is 5.91 Å². The highest BCUT2D eigenvalue weighted by Gasteiger charge is 2.29. The van der Waals surface area contributed by atoms with Crippen molar-refractivity contribution < 1.29 is 4.79 Å². The minimum Gasteiger partial charge on any atom is -0.368 e. The molecule has 5 nitrogen and oxygen atoms in total. The molecule has 1 amide bonds. The van der Waals surface area contributed by atoms with E-state index in [2.05, 4.69) is 9.80 Å². The first-order valence-electron chi connectivity index (χ1n) is 7.54. The van der Waals surface area contributed by atoms with Crippen molar-refractivity contribution in [2.45, 2.75) is 50.6 Å². The summed E-state index contributed by atoms with van der Waals surface area (Å²) >= 11 is 0. The maximum atomic E-state index is 11.2. The molecule has 2 saturated heterocycles. The number of fused-ring (bicyclic) bond motifs is 1. The molecule has 2 unspecified atom stereocenters. The van der Waals surface area contributed by atoms with Crippen LogP contribution in [0.2, 0.25) is 0 Å². The number of nitrogens with zero attached hydrogens (tertiary/aromatic N) is 2. The summed E-state index contributed by atoms with van der Waals surface area (Å²) in [4.78, 5) is 16.4. The van der Waals surface area contributed by atoms with E-state index in [9.17, 15) is 4.79 Å². The number of hydrogen-bond acceptors (Lipinski definition) is 4. The number of rotatable bonds is 5. The molecule has 0 saturated carbocycles. The molecular weight excluding hydrogens is 240 g/mol. The fraction of sp³-hybridized carbons (Fsp3) is 0.929. The van der Waals surface area contributed by atoms with Crippen LogP contribution in [-0.2, 0) is 4.79 Å². The predicted octanol–water partition coefficient (Wildman–Crippen LogP) is 0.139. The fourth-order valence-electron chi connectivity index (χ4n) is 3.28. The standard InChI is InChI=1S/C14H28N4O/c1-14(16,13(15)19)6-3-7-17-8-4-10-18-9-2-5-12(18)11-17/h12H,2-11,16H2,1H3,(H2,15,19). The van der Waals surface area contributed by atoms with Crippen LogP contribution in [0.4, 0.5) is 0 Å². The summed E-state index contributed by atoms with van der Waals surface area (Å²) in [6.07, 6.45) is 5.57. The Labute approximate surface area is 116 Å². The molecular formula is C14H28N4O. The summed E-state index contributed by atoms with van der Waals surface area (Å²) in [5.74, 6) is -0.398. The largest absolute Gasteiger partial charge is 0.368 e. The third kappa shape index (κ3) is 3.91. The van der Waals surface area contributed by atoms with E-state index in [0.29, 0.717) is 6.42 Å². The van der Waals surface area contributed by atoms with Gasteiger partial charge in [0, 0.05) is 12.6 Å². The highest BCUT2D eigenvalue weighted by molar-refractivity contribution is 5.83. The van der Waals surface area contributed by atoms with Gasteiger partial charge in [0.05, 0.1) is 5.54 Å². The van der Waals surface area contributed by atoms with Gasteiger partial charge in [-0.15, -0.1) is 0 Å². The number of amides is 1. The molecule has 2 aliphatic rings. The van der Waals surface area contributed by atoms with E-state index in [4.69, 9.17) is 11.5 Å². The first kappa shape index (κ1) is 14.8. The molecule has 2 fully saturated rings. The quantitative estimate of drug-likeness (QED) is 0.743. The van der Waals surface area contributed by atoms with Crippen molar-refractivity contribution in [3.8, 4) is 0 Å². The van der Waals surface area contributed by atoms with Crippen LogP contribution in [-0.4, -0.2) is 60.0 Å². The monoisotopic (exact) mass is 268 g/mol. The van der Waals surface area contributed by atoms with Crippen LogP contribution in [0.25, 0.3) is 0 Å². The molecule has 2 rings (SSSR count). The second-order valence-corrected chi connectivity index (χ2v) is 6.37. The van der Waals surface area contributed by atoms with Gasteiger partial charge in [-0.3, -0.25) is 9.69 Å². The molecule has 2 aliphatic heterocycles. The molecule has 0 radical (unpaired) electrons. The van der Waals surface area contributed by atoms with Gasteiger partial charge in [0.25, 0.3) is 0 Å². The topological polar surface area (TPSA) is 75.6 Å². The van der Waals surface area contributed by atoms with Crippen LogP contribution >= 0.6 is 0 Å². The van der Waals surface area contributed by atoms with Gasteiger partial charge in [-0.1, -0.05) is 0 Å². The highest BCUT2D eigenvalue weighted by atomic mass is 16.1. The highest BCUT2D eigenvalue weighted by Crippen LogP contribution is 2.21. The first-order chi connectivity index (χ1) is 8.99. The number of hydrogen-bond donors (Lipinski definition) is 2. The molecule has 0 aliphatic carbocycles. The molecule has 0 spiro atoms. The Hall–Kier alpha value is -0.650. The normalized spacial score (nSPS) is 28.6. The lowest BCUT2D eigenvalue weighted by atomic mass is 9.96. The van der Waals surface area contributed by atoms with E-state index >= 15 is 0 Å². The third-order valence-electron chi connectivity index (χ3n) is 4.62. The van der Waals surface area contributed by atoms with E-state index in [1.807, 2.05) is 0 Å². The van der Waals surface area contributed by atoms with Gasteiger partial charge >= 0.3 is 0 Å². The maximum Gasteiger partial charge on any atom is 0.237 e. The van der Waals surface area contributed by atoms with Crippen LogP contribution in [0.5, 0.6) is 0 Å². The zero-order valence-corrected chi connectivity index (χ0v) is 12.1. The molecule has 2 atom stereocenters. The van der Waals surface area contributed by atoms with Crippen LogP contribution in [0.1, 0.15) is 39.0 Å². The van der Waals surface area contributed by atoms with Crippen molar-refractivity contribution in [3.05, 3.63) is 0 Å². The zero-order chi connectivity index (χ0) is 13.9. The van der Waals surface area contributed by atoms with Gasteiger partial charge in [0.1, 0.15) is 0 Å². The van der Waals surface area contributed by atoms with Crippen LogP contribution in [0.15, 0.2) is 0 Å². The van der Waals surface area contributed by atoms with E-state index in [-0.39, 0.29) is 0 Å². The average molecular weight is 268 g/mol. The van der Waals surface area contributed by atoms with Crippen molar-refractivity contribution in [1.29, 1.82) is 0 Å². The number of nitrogens with two attached hydrogens (primary N) is 2. The van der Waals surface area contributed by atoms with Crippen LogP contribution in [0, 0.1) is 0 Å². The summed E-state index contributed by atoms with van der Waals surface area (Å²) in [5, 5.41) is 0. The predicted molar refractivity (Wildman–Crippen MR) is 76.7 cm³/mol. The number of primary amides is 1. The van der Waals surface area contributed by atoms with Crippen molar-refractivity contribution in [3.63, 3.8) is 0 Å². The lowest BCUT2D eigenvalue weighted by Crippen LogP contribution is -2.49. The minimum absolute atomic E-state index is 0.398. The Morgan fingerprint density at radius 3 is 2.79 bits per heavy atom. The Morgan fingerprint density at radius 2 is 2.05 bits per heavy atom. The molecule has 4 N–H and O–H groups in total. The summed E-state index contributed by atoms with van der Waals surface area (Å²) in [7, 11) is 0. The molecule has 19 heavy (non-hydrogen) atoms. The smallest absolute Gasteiger partial charge is 0.237 e. The second kappa shape index (κ2) is 6.20. The Morgan fingerprint density at radius 1 is 1.32 bits per heavy atom. The molecule has 5 heteroatoms. The average Bonchev–Trinajstić information content (AvgIpc) is 2.68. The van der Waals surface area contributed by atoms with Crippen LogP contribution < -0.4 is 11.5 Å². The van der Waals surface area contributed by atoms with Crippen molar-refractivity contribution in [1.82, 2.24) is 9.80 Å². The SMILES string of the molecule is CC(N)(CCCN1CCCN2CCCC2C1)C(N)=O. The van der Waals surface area contributed by atoms with Gasteiger partial charge < -0.3 is 16.4 Å². The van der Waals surface area contributed by atoms with E-state index in [1.165, 1.54) is 45.4 Å². The van der Waals surface area contributed by atoms with Gasteiger partial charge in [-0.2, -0.15) is 0 Å². The summed E-state index contributed by atoms with van der Waals surface area (Å²) in [6, 6.07) is 0.753. The molecule has 2 heterocycles.